The van der Waals surface area contributed by atoms with Crippen LogP contribution >= 0.6 is 0 Å². The first-order valence-electron chi connectivity index (χ1n) is 4.45. The molecule has 14 heavy (non-hydrogen) atoms. The Labute approximate surface area is 84.4 Å². The van der Waals surface area contributed by atoms with Gasteiger partial charge in [0.15, 0.2) is 16.9 Å². The normalized spacial score (nSPS) is 17.6. The van der Waals surface area contributed by atoms with Crippen LogP contribution in [0.25, 0.3) is 0 Å². The fourth-order valence-corrected chi connectivity index (χ4v) is 2.12. The van der Waals surface area contributed by atoms with Gasteiger partial charge in [0.05, 0.1) is 4.90 Å². The van der Waals surface area contributed by atoms with Crippen molar-refractivity contribution in [2.75, 3.05) is 0 Å². The molecule has 0 spiro atoms. The maximum Gasteiger partial charge on any atom is 0.186 e. The summed E-state index contributed by atoms with van der Waals surface area (Å²) in [6.07, 6.45) is 2.32. The molecular weight excluding hydrogens is 200 g/mol. The minimum absolute atomic E-state index is 0.0820. The Morgan fingerprint density at radius 2 is 2.07 bits per heavy atom. The molecular formula is C10H10O3S. The average molecular weight is 210 g/mol. The van der Waals surface area contributed by atoms with Crippen LogP contribution in [0.3, 0.4) is 0 Å². The van der Waals surface area contributed by atoms with Gasteiger partial charge in [0, 0.05) is 12.0 Å². The number of hydrogen-bond acceptors (Lipinski definition) is 2. The summed E-state index contributed by atoms with van der Waals surface area (Å²) in [6, 6.07) is 4.91. The van der Waals surface area contributed by atoms with Crippen LogP contribution in [0.1, 0.15) is 28.8 Å². The molecule has 0 saturated carbocycles. The summed E-state index contributed by atoms with van der Waals surface area (Å²) in [7, 11) is 0. The molecule has 1 aliphatic carbocycles. The van der Waals surface area contributed by atoms with Crippen LogP contribution in [-0.4, -0.2) is 14.5 Å². The van der Waals surface area contributed by atoms with E-state index in [0.29, 0.717) is 16.9 Å². The molecule has 1 aromatic carbocycles. The maximum atomic E-state index is 11.5. The maximum absolute atomic E-state index is 11.5. The number of aryl methyl sites for hydroxylation is 1. The number of ketones is 1. The third-order valence-corrected chi connectivity index (χ3v) is 3.09. The molecule has 0 saturated heterocycles. The minimum Gasteiger partial charge on any atom is -0.302 e. The number of Topliss-reactive ketones (excluding diaryl/α,β-unsaturated/α-hetero) is 1. The van der Waals surface area contributed by atoms with Crippen LogP contribution in [0.4, 0.5) is 0 Å². The van der Waals surface area contributed by atoms with Gasteiger partial charge in [-0.1, -0.05) is 6.07 Å². The highest BCUT2D eigenvalue weighted by atomic mass is 32.2. The van der Waals surface area contributed by atoms with E-state index in [1.807, 2.05) is 0 Å². The van der Waals surface area contributed by atoms with Gasteiger partial charge in [-0.3, -0.25) is 4.79 Å². The Morgan fingerprint density at radius 1 is 1.29 bits per heavy atom. The second kappa shape index (κ2) is 3.63. The molecule has 3 nitrogen and oxygen atoms in total. The Morgan fingerprint density at radius 3 is 2.79 bits per heavy atom. The number of carbonyl (C=O) groups excluding carboxylic acids is 1. The lowest BCUT2D eigenvalue weighted by molar-refractivity contribution is 0.0972. The zero-order chi connectivity index (χ0) is 10.1. The van der Waals surface area contributed by atoms with E-state index in [9.17, 15) is 9.00 Å². The summed E-state index contributed by atoms with van der Waals surface area (Å²) in [6.45, 7) is 0. The number of carbonyl (C=O) groups is 1. The van der Waals surface area contributed by atoms with Gasteiger partial charge >= 0.3 is 0 Å². The number of fused-ring (bicyclic) bond motifs is 1. The van der Waals surface area contributed by atoms with Gasteiger partial charge < -0.3 is 4.55 Å². The first-order chi connectivity index (χ1) is 6.68. The summed E-state index contributed by atoms with van der Waals surface area (Å²) < 4.78 is 19.7. The van der Waals surface area contributed by atoms with Crippen molar-refractivity contribution >= 4 is 16.9 Å². The lowest BCUT2D eigenvalue weighted by Gasteiger charge is -2.14. The molecule has 0 fully saturated rings. The molecule has 0 aliphatic heterocycles. The van der Waals surface area contributed by atoms with Gasteiger partial charge in [0.1, 0.15) is 0 Å². The van der Waals surface area contributed by atoms with E-state index in [2.05, 4.69) is 0 Å². The van der Waals surface area contributed by atoms with Crippen molar-refractivity contribution < 1.29 is 13.6 Å². The van der Waals surface area contributed by atoms with Gasteiger partial charge in [0.25, 0.3) is 0 Å². The molecule has 1 N–H and O–H groups in total. The summed E-state index contributed by atoms with van der Waals surface area (Å²) in [5.74, 6) is 0.0820. The summed E-state index contributed by atoms with van der Waals surface area (Å²) in [4.78, 5) is 11.8. The second-order valence-electron chi connectivity index (χ2n) is 3.34. The van der Waals surface area contributed by atoms with E-state index in [0.717, 1.165) is 18.4 Å². The van der Waals surface area contributed by atoms with Crippen LogP contribution in [0, 0.1) is 0 Å². The van der Waals surface area contributed by atoms with Crippen LogP contribution < -0.4 is 0 Å². The smallest absolute Gasteiger partial charge is 0.186 e. The number of hydrogen-bond donors (Lipinski definition) is 1. The highest BCUT2D eigenvalue weighted by Gasteiger charge is 2.17. The highest BCUT2D eigenvalue weighted by molar-refractivity contribution is 7.79. The van der Waals surface area contributed by atoms with Crippen LogP contribution in [0.5, 0.6) is 0 Å². The molecule has 74 valence electrons. The Hall–Kier alpha value is -1.00. The third-order valence-electron chi connectivity index (χ3n) is 2.43. The van der Waals surface area contributed by atoms with Crippen molar-refractivity contribution in [3.63, 3.8) is 0 Å². The van der Waals surface area contributed by atoms with E-state index in [4.69, 9.17) is 4.55 Å². The lowest BCUT2D eigenvalue weighted by atomic mass is 9.91. The van der Waals surface area contributed by atoms with Crippen molar-refractivity contribution in [2.24, 2.45) is 0 Å². The van der Waals surface area contributed by atoms with Crippen molar-refractivity contribution in [1.82, 2.24) is 0 Å². The molecule has 2 rings (SSSR count). The topological polar surface area (TPSA) is 54.4 Å². The molecule has 0 bridgehead atoms. The van der Waals surface area contributed by atoms with Crippen molar-refractivity contribution in [1.29, 1.82) is 0 Å². The Bertz CT molecular complexity index is 412. The van der Waals surface area contributed by atoms with E-state index in [-0.39, 0.29) is 5.78 Å². The zero-order valence-electron chi connectivity index (χ0n) is 7.53. The molecule has 0 heterocycles. The van der Waals surface area contributed by atoms with E-state index >= 15 is 0 Å². The number of rotatable bonds is 1. The van der Waals surface area contributed by atoms with Crippen molar-refractivity contribution in [2.45, 2.75) is 24.2 Å². The standard InChI is InChI=1S/C10H10O3S/c11-10-3-1-2-7-4-5-8(14(12)13)6-9(7)10/h4-6H,1-3H2,(H,12,13). The molecule has 4 heteroatoms. The van der Waals surface area contributed by atoms with Gasteiger partial charge in [-0.05, 0) is 30.5 Å². The molecule has 1 atom stereocenters. The average Bonchev–Trinajstić information content (AvgIpc) is 2.18. The second-order valence-corrected chi connectivity index (χ2v) is 4.31. The summed E-state index contributed by atoms with van der Waals surface area (Å²) in [5.41, 5.74) is 1.62. The van der Waals surface area contributed by atoms with Crippen LogP contribution in [0.2, 0.25) is 0 Å². The number of benzene rings is 1. The van der Waals surface area contributed by atoms with Gasteiger partial charge in [0.2, 0.25) is 0 Å². The predicted molar refractivity (Wildman–Crippen MR) is 52.7 cm³/mol. The minimum atomic E-state index is -1.99. The van der Waals surface area contributed by atoms with E-state index in [1.54, 1.807) is 12.1 Å². The Kier molecular flexibility index (Phi) is 2.48. The van der Waals surface area contributed by atoms with Crippen LogP contribution in [0.15, 0.2) is 23.1 Å². The van der Waals surface area contributed by atoms with Gasteiger partial charge in [-0.25, -0.2) is 4.21 Å². The SMILES string of the molecule is O=C1CCCc2ccc(S(=O)O)cc21. The quantitative estimate of drug-likeness (QED) is 0.719. The monoisotopic (exact) mass is 210 g/mol. The lowest BCUT2D eigenvalue weighted by Crippen LogP contribution is -2.11. The third kappa shape index (κ3) is 1.63. The first-order valence-corrected chi connectivity index (χ1v) is 5.56. The molecule has 1 aromatic rings. The van der Waals surface area contributed by atoms with E-state index in [1.165, 1.54) is 6.07 Å². The molecule has 0 radical (unpaired) electrons. The highest BCUT2D eigenvalue weighted by Crippen LogP contribution is 2.23. The molecule has 0 amide bonds. The predicted octanol–water partition coefficient (Wildman–Crippen LogP) is 1.79. The Balaban J connectivity index is 2.51. The molecule has 1 aliphatic rings. The zero-order valence-corrected chi connectivity index (χ0v) is 8.34. The van der Waals surface area contributed by atoms with Crippen molar-refractivity contribution in [3.05, 3.63) is 29.3 Å². The largest absolute Gasteiger partial charge is 0.302 e. The summed E-state index contributed by atoms with van der Waals surface area (Å²) in [5, 5.41) is 0. The summed E-state index contributed by atoms with van der Waals surface area (Å²) >= 11 is -1.99. The van der Waals surface area contributed by atoms with Crippen molar-refractivity contribution in [3.8, 4) is 0 Å². The van der Waals surface area contributed by atoms with Gasteiger partial charge in [-0.15, -0.1) is 0 Å². The first kappa shape index (κ1) is 9.55. The van der Waals surface area contributed by atoms with Gasteiger partial charge in [-0.2, -0.15) is 0 Å². The van der Waals surface area contributed by atoms with Crippen LogP contribution in [-0.2, 0) is 17.5 Å². The fourth-order valence-electron chi connectivity index (χ4n) is 1.72. The molecule has 0 aromatic heterocycles. The molecule has 1 unspecified atom stereocenters. The fraction of sp³-hybridized carbons (Fsp3) is 0.300. The van der Waals surface area contributed by atoms with E-state index < -0.39 is 11.1 Å².